The van der Waals surface area contributed by atoms with Crippen molar-refractivity contribution < 1.29 is 4.79 Å². The minimum atomic E-state index is -0.193. The van der Waals surface area contributed by atoms with Gasteiger partial charge in [-0.25, -0.2) is 0 Å². The van der Waals surface area contributed by atoms with Crippen LogP contribution in [0.15, 0.2) is 17.5 Å². The maximum absolute atomic E-state index is 12.4. The monoisotopic (exact) mass is 348 g/mol. The smallest absolute Gasteiger partial charge is 0.236 e. The van der Waals surface area contributed by atoms with E-state index < -0.39 is 0 Å². The van der Waals surface area contributed by atoms with Gasteiger partial charge < -0.3 is 10.2 Å². The molecule has 0 aromatic carbocycles. The summed E-state index contributed by atoms with van der Waals surface area (Å²) in [6, 6.07) is 6.47. The average molecular weight is 349 g/mol. The van der Waals surface area contributed by atoms with Crippen LogP contribution in [-0.2, 0) is 4.79 Å². The summed E-state index contributed by atoms with van der Waals surface area (Å²) in [4.78, 5) is 17.5. The van der Waals surface area contributed by atoms with Crippen molar-refractivity contribution in [1.29, 1.82) is 5.26 Å². The summed E-state index contributed by atoms with van der Waals surface area (Å²) in [6.45, 7) is 11.9. The van der Waals surface area contributed by atoms with Crippen molar-refractivity contribution in [3.05, 3.63) is 22.4 Å². The summed E-state index contributed by atoms with van der Waals surface area (Å²) < 4.78 is 0. The van der Waals surface area contributed by atoms with Crippen molar-refractivity contribution in [1.82, 2.24) is 15.1 Å². The van der Waals surface area contributed by atoms with E-state index in [0.29, 0.717) is 19.6 Å². The summed E-state index contributed by atoms with van der Waals surface area (Å²) >= 11 is 1.62. The van der Waals surface area contributed by atoms with E-state index in [1.165, 1.54) is 0 Å². The lowest BCUT2D eigenvalue weighted by Gasteiger charge is -2.37. The molecule has 1 N–H and O–H groups in total. The summed E-state index contributed by atoms with van der Waals surface area (Å²) in [5.74, 6) is 0.149. The number of hydrogen-bond donors (Lipinski definition) is 1. The lowest BCUT2D eigenvalue weighted by molar-refractivity contribution is -0.132. The Kier molecular flexibility index (Phi) is 6.39. The minimum Gasteiger partial charge on any atom is -0.339 e. The second-order valence-electron chi connectivity index (χ2n) is 7.43. The zero-order chi connectivity index (χ0) is 17.7. The van der Waals surface area contributed by atoms with E-state index in [9.17, 15) is 10.1 Å². The molecule has 1 amide bonds. The van der Waals surface area contributed by atoms with Gasteiger partial charge in [0.25, 0.3) is 0 Å². The molecule has 0 aliphatic carbocycles. The summed E-state index contributed by atoms with van der Waals surface area (Å²) in [5, 5.41) is 14.8. The highest BCUT2D eigenvalue weighted by atomic mass is 32.1. The Morgan fingerprint density at radius 1 is 1.38 bits per heavy atom. The SMILES string of the molecule is C[C@H](NCC(=O)N1CCN([C@@H](C#N)c2cccs2)CC1)C(C)(C)C. The number of hydrogen-bond acceptors (Lipinski definition) is 5. The van der Waals surface area contributed by atoms with Gasteiger partial charge in [-0.1, -0.05) is 26.8 Å². The molecule has 2 atom stereocenters. The molecule has 5 nitrogen and oxygen atoms in total. The average Bonchev–Trinajstić information content (AvgIpc) is 3.07. The first-order chi connectivity index (χ1) is 11.3. The van der Waals surface area contributed by atoms with E-state index in [0.717, 1.165) is 18.0 Å². The molecule has 0 radical (unpaired) electrons. The van der Waals surface area contributed by atoms with Crippen LogP contribution >= 0.6 is 11.3 Å². The summed E-state index contributed by atoms with van der Waals surface area (Å²) in [7, 11) is 0. The van der Waals surface area contributed by atoms with Crippen molar-refractivity contribution in [3.63, 3.8) is 0 Å². The highest BCUT2D eigenvalue weighted by molar-refractivity contribution is 7.10. The number of nitriles is 1. The van der Waals surface area contributed by atoms with Crippen LogP contribution in [0.25, 0.3) is 0 Å². The fraction of sp³-hybridized carbons (Fsp3) is 0.667. The third-order valence-corrected chi connectivity index (χ3v) is 5.75. The van der Waals surface area contributed by atoms with Crippen LogP contribution in [0.1, 0.15) is 38.6 Å². The lowest BCUT2D eigenvalue weighted by atomic mass is 9.88. The Morgan fingerprint density at radius 3 is 2.54 bits per heavy atom. The number of carbonyl (C=O) groups excluding carboxylic acids is 1. The molecule has 1 aromatic heterocycles. The molecule has 1 fully saturated rings. The second kappa shape index (κ2) is 8.11. The largest absolute Gasteiger partial charge is 0.339 e. The minimum absolute atomic E-state index is 0.139. The highest BCUT2D eigenvalue weighted by Crippen LogP contribution is 2.25. The molecule has 1 aliphatic rings. The van der Waals surface area contributed by atoms with E-state index in [1.807, 2.05) is 22.4 Å². The van der Waals surface area contributed by atoms with Crippen molar-refractivity contribution in [3.8, 4) is 6.07 Å². The third kappa shape index (κ3) is 4.79. The van der Waals surface area contributed by atoms with Crippen LogP contribution in [0.4, 0.5) is 0 Å². The van der Waals surface area contributed by atoms with Gasteiger partial charge in [-0.05, 0) is 23.8 Å². The van der Waals surface area contributed by atoms with Crippen molar-refractivity contribution in [2.75, 3.05) is 32.7 Å². The maximum Gasteiger partial charge on any atom is 0.236 e. The molecule has 0 spiro atoms. The van der Waals surface area contributed by atoms with Crippen molar-refractivity contribution >= 4 is 17.2 Å². The van der Waals surface area contributed by atoms with Gasteiger partial charge in [0, 0.05) is 37.1 Å². The topological polar surface area (TPSA) is 59.4 Å². The molecule has 1 aliphatic heterocycles. The van der Waals surface area contributed by atoms with Gasteiger partial charge in [0.2, 0.25) is 5.91 Å². The molecule has 0 unspecified atom stereocenters. The van der Waals surface area contributed by atoms with E-state index >= 15 is 0 Å². The predicted octanol–water partition coefficient (Wildman–Crippen LogP) is 2.48. The molecule has 0 bridgehead atoms. The Morgan fingerprint density at radius 2 is 2.04 bits per heavy atom. The maximum atomic E-state index is 12.4. The number of piperazine rings is 1. The van der Waals surface area contributed by atoms with Gasteiger partial charge in [-0.3, -0.25) is 9.69 Å². The fourth-order valence-electron chi connectivity index (χ4n) is 2.66. The lowest BCUT2D eigenvalue weighted by Crippen LogP contribution is -2.52. The van der Waals surface area contributed by atoms with Crippen LogP contribution in [0.5, 0.6) is 0 Å². The molecule has 2 heterocycles. The highest BCUT2D eigenvalue weighted by Gasteiger charge is 2.28. The van der Waals surface area contributed by atoms with E-state index in [1.54, 1.807) is 11.3 Å². The Balaban J connectivity index is 1.82. The summed E-state index contributed by atoms with van der Waals surface area (Å²) in [5.41, 5.74) is 0.139. The van der Waals surface area contributed by atoms with Crippen LogP contribution in [0.2, 0.25) is 0 Å². The van der Waals surface area contributed by atoms with Gasteiger partial charge in [0.15, 0.2) is 0 Å². The van der Waals surface area contributed by atoms with Crippen molar-refractivity contribution in [2.24, 2.45) is 5.41 Å². The molecule has 6 heteroatoms. The van der Waals surface area contributed by atoms with Gasteiger partial charge in [-0.15, -0.1) is 11.3 Å². The quantitative estimate of drug-likeness (QED) is 0.888. The first kappa shape index (κ1) is 18.9. The number of rotatable bonds is 5. The number of amides is 1. The van der Waals surface area contributed by atoms with Gasteiger partial charge in [0.1, 0.15) is 6.04 Å². The van der Waals surface area contributed by atoms with Crippen LogP contribution in [0, 0.1) is 16.7 Å². The molecule has 2 rings (SSSR count). The number of carbonyl (C=O) groups is 1. The Labute approximate surface area is 149 Å². The van der Waals surface area contributed by atoms with Gasteiger partial charge in [0.05, 0.1) is 12.6 Å². The Bertz CT molecular complexity index is 565. The molecule has 1 saturated heterocycles. The van der Waals surface area contributed by atoms with E-state index in [-0.39, 0.29) is 23.4 Å². The molecule has 1 aromatic rings. The zero-order valence-corrected chi connectivity index (χ0v) is 15.9. The van der Waals surface area contributed by atoms with E-state index in [4.69, 9.17) is 0 Å². The van der Waals surface area contributed by atoms with Crippen LogP contribution < -0.4 is 5.32 Å². The summed E-state index contributed by atoms with van der Waals surface area (Å²) in [6.07, 6.45) is 0. The fourth-order valence-corrected chi connectivity index (χ4v) is 3.46. The van der Waals surface area contributed by atoms with Gasteiger partial charge >= 0.3 is 0 Å². The standard InChI is InChI=1S/C18H28N4OS/c1-14(18(2,3)4)20-13-17(23)22-9-7-21(8-10-22)15(12-19)16-6-5-11-24-16/h5-6,11,14-15,20H,7-10,13H2,1-4H3/t14-,15-/m0/s1. The number of nitrogens with one attached hydrogen (secondary N) is 1. The molecular weight excluding hydrogens is 320 g/mol. The van der Waals surface area contributed by atoms with Gasteiger partial charge in [-0.2, -0.15) is 5.26 Å². The first-order valence-electron chi connectivity index (χ1n) is 8.51. The normalized spacial score (nSPS) is 18.9. The van der Waals surface area contributed by atoms with Crippen LogP contribution in [-0.4, -0.2) is 54.5 Å². The third-order valence-electron chi connectivity index (χ3n) is 4.83. The van der Waals surface area contributed by atoms with E-state index in [2.05, 4.69) is 44.0 Å². The molecular formula is C18H28N4OS. The zero-order valence-electron chi connectivity index (χ0n) is 15.1. The Hall–Kier alpha value is -1.42. The van der Waals surface area contributed by atoms with Crippen LogP contribution in [0.3, 0.4) is 0 Å². The molecule has 24 heavy (non-hydrogen) atoms. The first-order valence-corrected chi connectivity index (χ1v) is 9.39. The molecule has 132 valence electrons. The number of thiophene rings is 1. The molecule has 0 saturated carbocycles. The van der Waals surface area contributed by atoms with Crippen molar-refractivity contribution in [2.45, 2.75) is 39.8 Å². The number of nitrogens with zero attached hydrogens (tertiary/aromatic N) is 3. The predicted molar refractivity (Wildman–Crippen MR) is 97.7 cm³/mol. The second-order valence-corrected chi connectivity index (χ2v) is 8.41.